The van der Waals surface area contributed by atoms with E-state index in [0.717, 1.165) is 12.8 Å². The number of carbonyl (C=O) groups excluding carboxylic acids is 1. The second-order valence-corrected chi connectivity index (χ2v) is 6.55. The minimum absolute atomic E-state index is 0.0256. The van der Waals surface area contributed by atoms with Gasteiger partial charge in [0.1, 0.15) is 6.10 Å². The van der Waals surface area contributed by atoms with Gasteiger partial charge in [0, 0.05) is 31.4 Å². The lowest BCUT2D eigenvalue weighted by atomic mass is 9.83. The fraction of sp³-hybridized carbons (Fsp3) is 0.737. The predicted molar refractivity (Wildman–Crippen MR) is 92.0 cm³/mol. The van der Waals surface area contributed by atoms with E-state index in [1.807, 2.05) is 26.0 Å². The van der Waals surface area contributed by atoms with Gasteiger partial charge in [0.2, 0.25) is 0 Å². The third-order valence-electron chi connectivity index (χ3n) is 4.87. The molecule has 1 N–H and O–H groups in total. The average Bonchev–Trinajstić information content (AvgIpc) is 2.53. The highest BCUT2D eigenvalue weighted by Gasteiger charge is 2.33. The van der Waals surface area contributed by atoms with Crippen LogP contribution in [0.1, 0.15) is 47.0 Å². The third-order valence-corrected chi connectivity index (χ3v) is 4.87. The van der Waals surface area contributed by atoms with Gasteiger partial charge in [-0.1, -0.05) is 39.0 Å². The summed E-state index contributed by atoms with van der Waals surface area (Å²) in [6, 6.07) is 0. The van der Waals surface area contributed by atoms with Gasteiger partial charge in [0.05, 0.1) is 12.2 Å². The Morgan fingerprint density at radius 2 is 2.13 bits per heavy atom. The second kappa shape index (κ2) is 9.89. The fourth-order valence-corrected chi connectivity index (χ4v) is 3.35. The Bertz CT molecular complexity index is 416. The zero-order chi connectivity index (χ0) is 17.4. The van der Waals surface area contributed by atoms with E-state index in [2.05, 4.69) is 19.9 Å². The quantitative estimate of drug-likeness (QED) is 0.521. The summed E-state index contributed by atoms with van der Waals surface area (Å²) in [5.74, 6) is 0.152. The van der Waals surface area contributed by atoms with Gasteiger partial charge in [-0.05, 0) is 25.7 Å². The number of rotatable bonds is 9. The van der Waals surface area contributed by atoms with Crippen LogP contribution in [0.2, 0.25) is 0 Å². The first-order valence-electron chi connectivity index (χ1n) is 8.65. The SMILES string of the molecule is C/C=C/C[C@H](C)[C@@H](OC)[C@@H](C)[C@H](O)C[C@@H]1OC(=O)C=C[C@H]1CC. The lowest BCUT2D eigenvalue weighted by Crippen LogP contribution is -2.40. The number of carbonyl (C=O) groups is 1. The van der Waals surface area contributed by atoms with Gasteiger partial charge in [-0.15, -0.1) is 0 Å². The van der Waals surface area contributed by atoms with Crippen LogP contribution in [0.15, 0.2) is 24.3 Å². The lowest BCUT2D eigenvalue weighted by molar-refractivity contribution is -0.149. The van der Waals surface area contributed by atoms with Crippen molar-refractivity contribution in [3.8, 4) is 0 Å². The summed E-state index contributed by atoms with van der Waals surface area (Å²) in [5, 5.41) is 10.6. The molecule has 0 spiro atoms. The Morgan fingerprint density at radius 3 is 2.70 bits per heavy atom. The minimum Gasteiger partial charge on any atom is -0.458 e. The molecule has 0 aromatic carbocycles. The molecule has 6 atom stereocenters. The van der Waals surface area contributed by atoms with E-state index in [9.17, 15) is 9.90 Å². The summed E-state index contributed by atoms with van der Waals surface area (Å²) in [6.07, 6.45) is 8.95. The molecule has 1 rings (SSSR count). The molecule has 0 amide bonds. The highest BCUT2D eigenvalue weighted by Crippen LogP contribution is 2.29. The number of esters is 1. The monoisotopic (exact) mass is 324 g/mol. The van der Waals surface area contributed by atoms with Crippen molar-refractivity contribution in [1.29, 1.82) is 0 Å². The summed E-state index contributed by atoms with van der Waals surface area (Å²) in [4.78, 5) is 11.5. The van der Waals surface area contributed by atoms with Crippen LogP contribution in [0.3, 0.4) is 0 Å². The van der Waals surface area contributed by atoms with Gasteiger partial charge < -0.3 is 14.6 Å². The molecule has 0 fully saturated rings. The molecule has 1 aliphatic heterocycles. The van der Waals surface area contributed by atoms with Crippen LogP contribution in [0.5, 0.6) is 0 Å². The molecule has 132 valence electrons. The Hall–Kier alpha value is -1.13. The van der Waals surface area contributed by atoms with Crippen LogP contribution in [-0.2, 0) is 14.3 Å². The van der Waals surface area contributed by atoms with Crippen molar-refractivity contribution in [3.63, 3.8) is 0 Å². The van der Waals surface area contributed by atoms with Crippen LogP contribution >= 0.6 is 0 Å². The molecule has 0 bridgehead atoms. The minimum atomic E-state index is -0.564. The number of aliphatic hydroxyl groups is 1. The van der Waals surface area contributed by atoms with Crippen molar-refractivity contribution < 1.29 is 19.4 Å². The van der Waals surface area contributed by atoms with Gasteiger partial charge in [0.25, 0.3) is 0 Å². The van der Waals surface area contributed by atoms with E-state index in [1.54, 1.807) is 7.11 Å². The number of aliphatic hydroxyl groups excluding tert-OH is 1. The fourth-order valence-electron chi connectivity index (χ4n) is 3.35. The maximum absolute atomic E-state index is 11.5. The molecular weight excluding hydrogens is 292 g/mol. The van der Waals surface area contributed by atoms with Gasteiger partial charge in [-0.25, -0.2) is 4.79 Å². The molecule has 0 aliphatic carbocycles. The van der Waals surface area contributed by atoms with Crippen LogP contribution in [0, 0.1) is 17.8 Å². The van der Waals surface area contributed by atoms with Crippen molar-refractivity contribution >= 4 is 5.97 Å². The van der Waals surface area contributed by atoms with Gasteiger partial charge in [-0.3, -0.25) is 0 Å². The highest BCUT2D eigenvalue weighted by molar-refractivity contribution is 5.82. The summed E-state index contributed by atoms with van der Waals surface area (Å²) < 4.78 is 11.1. The molecule has 1 aliphatic rings. The molecule has 0 aromatic rings. The van der Waals surface area contributed by atoms with Crippen molar-refractivity contribution in [2.75, 3.05) is 7.11 Å². The molecule has 0 unspecified atom stereocenters. The number of hydrogen-bond donors (Lipinski definition) is 1. The predicted octanol–water partition coefficient (Wildman–Crippen LogP) is 3.50. The molecule has 0 aromatic heterocycles. The van der Waals surface area contributed by atoms with Crippen molar-refractivity contribution in [2.24, 2.45) is 17.8 Å². The van der Waals surface area contributed by atoms with Crippen LogP contribution in [0.4, 0.5) is 0 Å². The van der Waals surface area contributed by atoms with E-state index >= 15 is 0 Å². The van der Waals surface area contributed by atoms with E-state index in [0.29, 0.717) is 12.3 Å². The van der Waals surface area contributed by atoms with E-state index in [-0.39, 0.29) is 30.0 Å². The lowest BCUT2D eigenvalue weighted by Gasteiger charge is -2.34. The first-order valence-corrected chi connectivity index (χ1v) is 8.65. The van der Waals surface area contributed by atoms with E-state index < -0.39 is 6.10 Å². The van der Waals surface area contributed by atoms with Crippen molar-refractivity contribution in [2.45, 2.75) is 65.3 Å². The second-order valence-electron chi connectivity index (χ2n) is 6.55. The Morgan fingerprint density at radius 1 is 1.43 bits per heavy atom. The average molecular weight is 324 g/mol. The van der Waals surface area contributed by atoms with E-state index in [1.165, 1.54) is 6.08 Å². The smallest absolute Gasteiger partial charge is 0.330 e. The molecule has 4 heteroatoms. The Kier molecular flexibility index (Phi) is 8.56. The van der Waals surface area contributed by atoms with Crippen molar-refractivity contribution in [1.82, 2.24) is 0 Å². The highest BCUT2D eigenvalue weighted by atomic mass is 16.5. The number of ether oxygens (including phenoxy) is 2. The first-order chi connectivity index (χ1) is 10.9. The maximum Gasteiger partial charge on any atom is 0.330 e. The standard InChI is InChI=1S/C19H32O4/c1-6-8-9-13(3)19(22-5)14(4)16(20)12-17-15(7-2)10-11-18(21)23-17/h6,8,10-11,13-17,19-20H,7,9,12H2,1-5H3/b8-6+/t13-,14-,15+,16+,17-,19+/m0/s1. The van der Waals surface area contributed by atoms with Gasteiger partial charge >= 0.3 is 5.97 Å². The molecule has 0 saturated carbocycles. The molecule has 4 nitrogen and oxygen atoms in total. The molecule has 23 heavy (non-hydrogen) atoms. The summed E-state index contributed by atoms with van der Waals surface area (Å²) >= 11 is 0. The zero-order valence-electron chi connectivity index (χ0n) is 15.1. The van der Waals surface area contributed by atoms with Gasteiger partial charge in [-0.2, -0.15) is 0 Å². The number of allylic oxidation sites excluding steroid dienone is 2. The molecule has 0 radical (unpaired) electrons. The van der Waals surface area contributed by atoms with Crippen molar-refractivity contribution in [3.05, 3.63) is 24.3 Å². The molecular formula is C19H32O4. The topological polar surface area (TPSA) is 55.8 Å². The van der Waals surface area contributed by atoms with E-state index in [4.69, 9.17) is 9.47 Å². The normalized spacial score (nSPS) is 26.8. The molecule has 0 saturated heterocycles. The van der Waals surface area contributed by atoms with Crippen LogP contribution in [0.25, 0.3) is 0 Å². The summed E-state index contributed by atoms with van der Waals surface area (Å²) in [5.41, 5.74) is 0. The first kappa shape index (κ1) is 19.9. The number of cyclic esters (lactones) is 1. The van der Waals surface area contributed by atoms with Crippen LogP contribution in [-0.4, -0.2) is 36.5 Å². The number of methoxy groups -OCH3 is 1. The number of hydrogen-bond acceptors (Lipinski definition) is 4. The largest absolute Gasteiger partial charge is 0.458 e. The van der Waals surface area contributed by atoms with Gasteiger partial charge in [0.15, 0.2) is 0 Å². The Labute approximate surface area is 140 Å². The summed E-state index contributed by atoms with van der Waals surface area (Å²) in [6.45, 7) is 8.21. The Balaban J connectivity index is 2.68. The summed E-state index contributed by atoms with van der Waals surface area (Å²) in [7, 11) is 1.69. The van der Waals surface area contributed by atoms with Crippen LogP contribution < -0.4 is 0 Å². The zero-order valence-corrected chi connectivity index (χ0v) is 15.1. The maximum atomic E-state index is 11.5. The molecule has 1 heterocycles. The third kappa shape index (κ3) is 5.78.